The van der Waals surface area contributed by atoms with Crippen molar-refractivity contribution in [2.24, 2.45) is 0 Å². The van der Waals surface area contributed by atoms with E-state index in [-0.39, 0.29) is 33.5 Å². The molecule has 118 valence electrons. The normalized spacial score (nSPS) is 20.0. The van der Waals surface area contributed by atoms with E-state index in [4.69, 9.17) is 17.3 Å². The van der Waals surface area contributed by atoms with Crippen molar-refractivity contribution in [2.75, 3.05) is 11.9 Å². The summed E-state index contributed by atoms with van der Waals surface area (Å²) in [5.74, 6) is -2.77. The second-order valence-corrected chi connectivity index (χ2v) is 6.43. The number of rotatable bonds is 3. The molecule has 0 radical (unpaired) electrons. The van der Waals surface area contributed by atoms with E-state index in [9.17, 15) is 18.8 Å². The molecule has 0 unspecified atom stereocenters. The van der Waals surface area contributed by atoms with E-state index in [0.717, 1.165) is 16.7 Å². The van der Waals surface area contributed by atoms with Crippen LogP contribution in [0.25, 0.3) is 5.57 Å². The number of hydrogen-bond acceptors (Lipinski definition) is 5. The second kappa shape index (κ2) is 5.74. The Balaban J connectivity index is 2.02. The van der Waals surface area contributed by atoms with Gasteiger partial charge in [0.1, 0.15) is 10.1 Å². The van der Waals surface area contributed by atoms with Gasteiger partial charge in [0, 0.05) is 12.1 Å². The van der Waals surface area contributed by atoms with E-state index < -0.39 is 23.6 Å². The van der Waals surface area contributed by atoms with Gasteiger partial charge in [-0.15, -0.1) is 0 Å². The Hall–Kier alpha value is -2.26. The van der Waals surface area contributed by atoms with Crippen LogP contribution in [0, 0.1) is 5.82 Å². The molecule has 2 heterocycles. The third-order valence-electron chi connectivity index (χ3n) is 3.37. The Kier molecular flexibility index (Phi) is 3.90. The van der Waals surface area contributed by atoms with E-state index in [1.807, 2.05) is 0 Å². The maximum Gasteiger partial charge on any atom is 0.305 e. The standard InChI is InChI=1S/C14H9FN2O4S2/c15-7-3-1-2-6-9(12(20)16-10(6)7)11-13(21)17(14(22)23-11)5-4-8(18)19/h1-3H,4-5H2,(H,16,20)(H,18,19). The van der Waals surface area contributed by atoms with E-state index in [1.165, 1.54) is 18.2 Å². The molecule has 1 aromatic carbocycles. The molecule has 6 nitrogen and oxygen atoms in total. The van der Waals surface area contributed by atoms with Crippen LogP contribution in [0.3, 0.4) is 0 Å². The number of carboxylic acids is 1. The molecular formula is C14H9FN2O4S2. The molecule has 2 N–H and O–H groups in total. The van der Waals surface area contributed by atoms with Crippen LogP contribution in [0.2, 0.25) is 0 Å². The number of hydrogen-bond donors (Lipinski definition) is 2. The van der Waals surface area contributed by atoms with Crippen molar-refractivity contribution in [3.8, 4) is 0 Å². The van der Waals surface area contributed by atoms with E-state index in [2.05, 4.69) is 5.32 Å². The Bertz CT molecular complexity index is 806. The summed E-state index contributed by atoms with van der Waals surface area (Å²) >= 11 is 6.00. The Morgan fingerprint density at radius 2 is 2.13 bits per heavy atom. The minimum absolute atomic E-state index is 0.0308. The lowest BCUT2D eigenvalue weighted by atomic mass is 10.1. The highest BCUT2D eigenvalue weighted by Gasteiger charge is 2.39. The number of para-hydroxylation sites is 1. The summed E-state index contributed by atoms with van der Waals surface area (Å²) in [5, 5.41) is 11.1. The predicted octanol–water partition coefficient (Wildman–Crippen LogP) is 1.82. The number of aliphatic carboxylic acids is 1. The van der Waals surface area contributed by atoms with Gasteiger partial charge >= 0.3 is 5.97 Å². The predicted molar refractivity (Wildman–Crippen MR) is 86.1 cm³/mol. The minimum atomic E-state index is -1.06. The van der Waals surface area contributed by atoms with E-state index in [0.29, 0.717) is 5.56 Å². The maximum atomic E-state index is 13.8. The first-order chi connectivity index (χ1) is 10.9. The summed E-state index contributed by atoms with van der Waals surface area (Å²) in [5.41, 5.74) is 0.395. The number of carbonyl (C=O) groups is 3. The zero-order valence-electron chi connectivity index (χ0n) is 11.5. The van der Waals surface area contributed by atoms with Gasteiger partial charge < -0.3 is 10.4 Å². The van der Waals surface area contributed by atoms with Gasteiger partial charge in [-0.05, 0) is 6.07 Å². The number of nitrogens with zero attached hydrogens (tertiary/aromatic N) is 1. The highest BCUT2D eigenvalue weighted by atomic mass is 32.2. The van der Waals surface area contributed by atoms with Crippen LogP contribution in [0.5, 0.6) is 0 Å². The first kappa shape index (κ1) is 15.6. The summed E-state index contributed by atoms with van der Waals surface area (Å²) in [6, 6.07) is 4.19. The molecule has 0 saturated carbocycles. The average Bonchev–Trinajstić information content (AvgIpc) is 2.95. The summed E-state index contributed by atoms with van der Waals surface area (Å²) in [7, 11) is 0. The molecule has 0 bridgehead atoms. The number of carboxylic acid groups (broad SMARTS) is 1. The minimum Gasteiger partial charge on any atom is -0.481 e. The molecule has 0 aromatic heterocycles. The van der Waals surface area contributed by atoms with E-state index in [1.54, 1.807) is 0 Å². The summed E-state index contributed by atoms with van der Waals surface area (Å²) in [4.78, 5) is 36.5. The number of thioether (sulfide) groups is 1. The van der Waals surface area contributed by atoms with Crippen molar-refractivity contribution < 1.29 is 23.9 Å². The van der Waals surface area contributed by atoms with Crippen molar-refractivity contribution in [1.82, 2.24) is 4.90 Å². The molecule has 23 heavy (non-hydrogen) atoms. The quantitative estimate of drug-likeness (QED) is 0.637. The number of nitrogens with one attached hydrogen (secondary N) is 1. The molecule has 0 spiro atoms. The maximum absolute atomic E-state index is 13.8. The largest absolute Gasteiger partial charge is 0.481 e. The third kappa shape index (κ3) is 2.62. The highest BCUT2D eigenvalue weighted by molar-refractivity contribution is 8.26. The Morgan fingerprint density at radius 3 is 2.83 bits per heavy atom. The smallest absolute Gasteiger partial charge is 0.305 e. The number of halogens is 1. The number of benzene rings is 1. The van der Waals surface area contributed by atoms with Gasteiger partial charge in [-0.2, -0.15) is 0 Å². The molecule has 1 saturated heterocycles. The summed E-state index contributed by atoms with van der Waals surface area (Å²) in [6.45, 7) is -0.0750. The molecule has 0 aliphatic carbocycles. The molecule has 2 aliphatic heterocycles. The fraction of sp³-hybridized carbons (Fsp3) is 0.143. The Labute approximate surface area is 139 Å². The summed E-state index contributed by atoms with van der Waals surface area (Å²) in [6.07, 6.45) is -0.257. The number of carbonyl (C=O) groups excluding carboxylic acids is 2. The van der Waals surface area contributed by atoms with Crippen molar-refractivity contribution in [1.29, 1.82) is 0 Å². The van der Waals surface area contributed by atoms with Gasteiger partial charge in [-0.3, -0.25) is 19.3 Å². The van der Waals surface area contributed by atoms with E-state index >= 15 is 0 Å². The van der Waals surface area contributed by atoms with Crippen molar-refractivity contribution in [2.45, 2.75) is 6.42 Å². The van der Waals surface area contributed by atoms with Crippen LogP contribution in [-0.2, 0) is 14.4 Å². The van der Waals surface area contributed by atoms with Crippen molar-refractivity contribution in [3.05, 3.63) is 34.5 Å². The van der Waals surface area contributed by atoms with Crippen LogP contribution in [0.4, 0.5) is 10.1 Å². The van der Waals surface area contributed by atoms with Gasteiger partial charge in [0.2, 0.25) is 0 Å². The lowest BCUT2D eigenvalue weighted by Gasteiger charge is -2.12. The molecule has 1 fully saturated rings. The monoisotopic (exact) mass is 352 g/mol. The lowest BCUT2D eigenvalue weighted by molar-refractivity contribution is -0.137. The number of amides is 2. The molecule has 3 rings (SSSR count). The van der Waals surface area contributed by atoms with Crippen LogP contribution < -0.4 is 5.32 Å². The van der Waals surface area contributed by atoms with Crippen LogP contribution >= 0.6 is 24.0 Å². The number of anilines is 1. The average molecular weight is 352 g/mol. The number of fused-ring (bicyclic) bond motifs is 1. The first-order valence-corrected chi connectivity index (χ1v) is 7.72. The van der Waals surface area contributed by atoms with Gasteiger partial charge in [0.05, 0.1) is 22.6 Å². The zero-order chi connectivity index (χ0) is 16.7. The lowest BCUT2D eigenvalue weighted by Crippen LogP contribution is -2.30. The zero-order valence-corrected chi connectivity index (χ0v) is 13.1. The van der Waals surface area contributed by atoms with Crippen LogP contribution in [-0.4, -0.2) is 38.7 Å². The van der Waals surface area contributed by atoms with Gasteiger partial charge in [0.25, 0.3) is 11.8 Å². The first-order valence-electron chi connectivity index (χ1n) is 6.50. The molecule has 0 atom stereocenters. The Morgan fingerprint density at radius 1 is 1.39 bits per heavy atom. The molecular weight excluding hydrogens is 343 g/mol. The van der Waals surface area contributed by atoms with Crippen LogP contribution in [0.15, 0.2) is 23.1 Å². The third-order valence-corrected chi connectivity index (χ3v) is 4.82. The fourth-order valence-corrected chi connectivity index (χ4v) is 3.72. The molecule has 2 aliphatic rings. The topological polar surface area (TPSA) is 86.7 Å². The van der Waals surface area contributed by atoms with Gasteiger partial charge in [0.15, 0.2) is 0 Å². The van der Waals surface area contributed by atoms with Gasteiger partial charge in [-0.25, -0.2) is 4.39 Å². The van der Waals surface area contributed by atoms with Crippen LogP contribution in [0.1, 0.15) is 12.0 Å². The molecule has 2 amide bonds. The molecule has 1 aromatic rings. The van der Waals surface area contributed by atoms with Gasteiger partial charge in [-0.1, -0.05) is 36.1 Å². The number of thiocarbonyl (C=S) groups is 1. The van der Waals surface area contributed by atoms with Crippen molar-refractivity contribution >= 4 is 57.3 Å². The second-order valence-electron chi connectivity index (χ2n) is 4.79. The summed E-state index contributed by atoms with van der Waals surface area (Å²) < 4.78 is 13.9. The highest BCUT2D eigenvalue weighted by Crippen LogP contribution is 2.42. The fourth-order valence-electron chi connectivity index (χ4n) is 2.33. The molecule has 9 heteroatoms. The SMILES string of the molecule is O=C(O)CCN1C(=O)C(=C2C(=O)Nc3c(F)cccc32)SC1=S. The van der Waals surface area contributed by atoms with Crippen molar-refractivity contribution in [3.63, 3.8) is 0 Å².